The highest BCUT2D eigenvalue weighted by atomic mass is 32.1. The van der Waals surface area contributed by atoms with Crippen LogP contribution in [0.15, 0.2) is 11.4 Å². The Balaban J connectivity index is 2.71. The van der Waals surface area contributed by atoms with Crippen molar-refractivity contribution in [2.45, 2.75) is 19.4 Å². The molecule has 0 aliphatic heterocycles. The quantitative estimate of drug-likeness (QED) is 0.733. The summed E-state index contributed by atoms with van der Waals surface area (Å²) in [6, 6.07) is 1.75. The lowest BCUT2D eigenvalue weighted by molar-refractivity contribution is -0.118. The van der Waals surface area contributed by atoms with Crippen molar-refractivity contribution in [2.24, 2.45) is 11.5 Å². The Morgan fingerprint density at radius 1 is 1.75 bits per heavy atom. The molecule has 0 aliphatic carbocycles. The van der Waals surface area contributed by atoms with E-state index in [4.69, 9.17) is 11.5 Å². The Labute approximate surface area is 75.4 Å². The summed E-state index contributed by atoms with van der Waals surface area (Å²) in [5, 5.41) is 1.96. The normalized spacial score (nSPS) is 12.8. The number of hydrogen-bond donors (Lipinski definition) is 2. The number of carbonyl (C=O) groups excluding carboxylic acids is 1. The lowest BCUT2D eigenvalue weighted by atomic mass is 10.1. The van der Waals surface area contributed by atoms with Crippen LogP contribution in [0.4, 0.5) is 0 Å². The largest absolute Gasteiger partial charge is 0.370 e. The average Bonchev–Trinajstić information content (AvgIpc) is 2.33. The Kier molecular flexibility index (Phi) is 2.83. The molecule has 4 N–H and O–H groups in total. The molecule has 0 unspecified atom stereocenters. The van der Waals surface area contributed by atoms with Crippen molar-refractivity contribution >= 4 is 17.2 Å². The minimum atomic E-state index is -0.352. The molecule has 1 heterocycles. The van der Waals surface area contributed by atoms with Crippen molar-refractivity contribution in [3.63, 3.8) is 0 Å². The van der Waals surface area contributed by atoms with E-state index in [-0.39, 0.29) is 18.4 Å². The van der Waals surface area contributed by atoms with Crippen LogP contribution in [0.5, 0.6) is 0 Å². The van der Waals surface area contributed by atoms with Gasteiger partial charge in [-0.1, -0.05) is 0 Å². The summed E-state index contributed by atoms with van der Waals surface area (Å²) in [5.74, 6) is -0.352. The number of hydrogen-bond acceptors (Lipinski definition) is 3. The topological polar surface area (TPSA) is 69.1 Å². The average molecular weight is 184 g/mol. The Bertz CT molecular complexity index is 282. The van der Waals surface area contributed by atoms with Gasteiger partial charge in [0.15, 0.2) is 0 Å². The first kappa shape index (κ1) is 9.22. The minimum Gasteiger partial charge on any atom is -0.370 e. The molecule has 0 saturated heterocycles. The summed E-state index contributed by atoms with van der Waals surface area (Å²) in [6.45, 7) is 1.98. The first-order valence-corrected chi connectivity index (χ1v) is 4.57. The van der Waals surface area contributed by atoms with Crippen molar-refractivity contribution in [1.82, 2.24) is 0 Å². The first-order chi connectivity index (χ1) is 5.61. The van der Waals surface area contributed by atoms with E-state index < -0.39 is 0 Å². The monoisotopic (exact) mass is 184 g/mol. The maximum Gasteiger partial charge on any atom is 0.219 e. The number of aryl methyl sites for hydroxylation is 1. The van der Waals surface area contributed by atoms with Crippen molar-refractivity contribution in [1.29, 1.82) is 0 Å². The third-order valence-electron chi connectivity index (χ3n) is 1.66. The fourth-order valence-corrected chi connectivity index (χ4v) is 2.00. The lowest BCUT2D eigenvalue weighted by Gasteiger charge is -2.07. The first-order valence-electron chi connectivity index (χ1n) is 3.69. The Morgan fingerprint density at radius 2 is 2.42 bits per heavy atom. The summed E-state index contributed by atoms with van der Waals surface area (Å²) in [4.78, 5) is 11.6. The van der Waals surface area contributed by atoms with E-state index in [0.29, 0.717) is 0 Å². The van der Waals surface area contributed by atoms with Crippen LogP contribution in [0.3, 0.4) is 0 Å². The van der Waals surface area contributed by atoms with Crippen molar-refractivity contribution < 1.29 is 4.79 Å². The molecule has 1 rings (SSSR count). The van der Waals surface area contributed by atoms with Crippen molar-refractivity contribution in [3.05, 3.63) is 21.9 Å². The molecule has 0 saturated carbocycles. The van der Waals surface area contributed by atoms with Gasteiger partial charge in [-0.25, -0.2) is 0 Å². The number of thiophene rings is 1. The number of amides is 1. The molecule has 1 aromatic rings. The zero-order chi connectivity index (χ0) is 9.14. The van der Waals surface area contributed by atoms with E-state index >= 15 is 0 Å². The van der Waals surface area contributed by atoms with Crippen LogP contribution in [0.1, 0.15) is 22.9 Å². The molecule has 0 aliphatic rings. The summed E-state index contributed by atoms with van der Waals surface area (Å²) in [7, 11) is 0. The fraction of sp³-hybridized carbons (Fsp3) is 0.375. The van der Waals surface area contributed by atoms with Gasteiger partial charge < -0.3 is 11.5 Å². The van der Waals surface area contributed by atoms with Crippen LogP contribution in [0.2, 0.25) is 0 Å². The van der Waals surface area contributed by atoms with Crippen molar-refractivity contribution in [3.8, 4) is 0 Å². The highest BCUT2D eigenvalue weighted by Gasteiger charge is 2.12. The molecule has 1 atom stereocenters. The minimum absolute atomic E-state index is 0.224. The van der Waals surface area contributed by atoms with Gasteiger partial charge in [0, 0.05) is 17.3 Å². The molecule has 66 valence electrons. The zero-order valence-corrected chi connectivity index (χ0v) is 7.73. The Morgan fingerprint density at radius 3 is 2.83 bits per heavy atom. The van der Waals surface area contributed by atoms with E-state index in [2.05, 4.69) is 0 Å². The lowest BCUT2D eigenvalue weighted by Crippen LogP contribution is -2.20. The standard InChI is InChI=1S/C8H12N2OS/c1-5-2-3-12-8(5)6(9)4-7(10)11/h2-3,6H,4,9H2,1H3,(H2,10,11)/t6-/m0/s1. The summed E-state index contributed by atoms with van der Waals surface area (Å²) in [6.07, 6.45) is 0.224. The highest BCUT2D eigenvalue weighted by Crippen LogP contribution is 2.23. The maximum absolute atomic E-state index is 10.6. The number of nitrogens with two attached hydrogens (primary N) is 2. The third-order valence-corrected chi connectivity index (χ3v) is 2.81. The summed E-state index contributed by atoms with van der Waals surface area (Å²) in [5.41, 5.74) is 11.9. The predicted molar refractivity (Wildman–Crippen MR) is 49.8 cm³/mol. The predicted octanol–water partition coefficient (Wildman–Crippen LogP) is 0.932. The number of primary amides is 1. The number of carbonyl (C=O) groups is 1. The molecular weight excluding hydrogens is 172 g/mol. The molecular formula is C8H12N2OS. The van der Waals surface area contributed by atoms with Crippen molar-refractivity contribution in [2.75, 3.05) is 0 Å². The molecule has 0 aromatic carbocycles. The van der Waals surface area contributed by atoms with Crippen LogP contribution in [0, 0.1) is 6.92 Å². The maximum atomic E-state index is 10.6. The van der Waals surface area contributed by atoms with Gasteiger partial charge in [0.2, 0.25) is 5.91 Å². The van der Waals surface area contributed by atoms with Gasteiger partial charge in [-0.3, -0.25) is 4.79 Å². The van der Waals surface area contributed by atoms with Crippen LogP contribution in [-0.4, -0.2) is 5.91 Å². The van der Waals surface area contributed by atoms with Gasteiger partial charge in [-0.15, -0.1) is 11.3 Å². The van der Waals surface area contributed by atoms with Gasteiger partial charge in [0.05, 0.1) is 0 Å². The molecule has 4 heteroatoms. The smallest absolute Gasteiger partial charge is 0.219 e. The molecule has 0 radical (unpaired) electrons. The molecule has 3 nitrogen and oxygen atoms in total. The van der Waals surface area contributed by atoms with E-state index in [1.54, 1.807) is 11.3 Å². The molecule has 0 fully saturated rings. The van der Waals surface area contributed by atoms with Gasteiger partial charge in [-0.05, 0) is 23.9 Å². The van der Waals surface area contributed by atoms with Gasteiger partial charge in [0.1, 0.15) is 0 Å². The molecule has 1 aromatic heterocycles. The van der Waals surface area contributed by atoms with Gasteiger partial charge >= 0.3 is 0 Å². The SMILES string of the molecule is Cc1ccsc1[C@@H](N)CC(N)=O. The van der Waals surface area contributed by atoms with Crippen LogP contribution >= 0.6 is 11.3 Å². The number of rotatable bonds is 3. The Hall–Kier alpha value is -0.870. The second kappa shape index (κ2) is 3.69. The van der Waals surface area contributed by atoms with Gasteiger partial charge in [0.25, 0.3) is 0 Å². The zero-order valence-electron chi connectivity index (χ0n) is 6.91. The molecule has 12 heavy (non-hydrogen) atoms. The summed E-state index contributed by atoms with van der Waals surface area (Å²) >= 11 is 1.57. The second-order valence-electron chi connectivity index (χ2n) is 2.74. The molecule has 0 spiro atoms. The second-order valence-corrected chi connectivity index (χ2v) is 3.69. The van der Waals surface area contributed by atoms with Crippen LogP contribution in [0.25, 0.3) is 0 Å². The summed E-state index contributed by atoms with van der Waals surface area (Å²) < 4.78 is 0. The van der Waals surface area contributed by atoms with Crippen LogP contribution < -0.4 is 11.5 Å². The third kappa shape index (κ3) is 2.06. The van der Waals surface area contributed by atoms with E-state index in [0.717, 1.165) is 10.4 Å². The van der Waals surface area contributed by atoms with E-state index in [1.165, 1.54) is 0 Å². The fourth-order valence-electron chi connectivity index (χ4n) is 1.07. The van der Waals surface area contributed by atoms with Gasteiger partial charge in [-0.2, -0.15) is 0 Å². The van der Waals surface area contributed by atoms with E-state index in [1.807, 2.05) is 18.4 Å². The highest BCUT2D eigenvalue weighted by molar-refractivity contribution is 7.10. The van der Waals surface area contributed by atoms with E-state index in [9.17, 15) is 4.79 Å². The molecule has 1 amide bonds. The van der Waals surface area contributed by atoms with Crippen LogP contribution in [-0.2, 0) is 4.79 Å². The molecule has 0 bridgehead atoms.